The van der Waals surface area contributed by atoms with E-state index in [0.29, 0.717) is 43.5 Å². The first-order valence-corrected chi connectivity index (χ1v) is 22.3. The van der Waals surface area contributed by atoms with Crippen LogP contribution in [0.25, 0.3) is 0 Å². The van der Waals surface area contributed by atoms with Gasteiger partial charge in [-0.2, -0.15) is 0 Å². The van der Waals surface area contributed by atoms with E-state index in [2.05, 4.69) is 21.3 Å². The fourth-order valence-corrected chi connectivity index (χ4v) is 8.30. The van der Waals surface area contributed by atoms with Crippen LogP contribution in [-0.4, -0.2) is 132 Å². The first-order chi connectivity index (χ1) is 30.0. The van der Waals surface area contributed by atoms with E-state index in [0.717, 1.165) is 10.6 Å². The van der Waals surface area contributed by atoms with Crippen LogP contribution >= 0.6 is 48.0 Å². The second-order valence-electron chi connectivity index (χ2n) is 14.7. The second kappa shape index (κ2) is 22.1. The van der Waals surface area contributed by atoms with Gasteiger partial charge in [-0.3, -0.25) is 43.4 Å². The number of amides is 6. The highest BCUT2D eigenvalue weighted by atomic mass is 32.2. The predicted molar refractivity (Wildman–Crippen MR) is 243 cm³/mol. The number of benzene rings is 1. The van der Waals surface area contributed by atoms with E-state index in [9.17, 15) is 38.4 Å². The predicted octanol–water partition coefficient (Wildman–Crippen LogP) is 1.31. The zero-order chi connectivity index (χ0) is 45.8. The number of thiocarbonyl (C=S) groups is 2. The largest absolute Gasteiger partial charge is 0.444 e. The molecule has 0 aliphatic carbocycles. The number of thioether (sulfide) groups is 2. The molecule has 19 nitrogen and oxygen atoms in total. The number of pyridine rings is 2. The summed E-state index contributed by atoms with van der Waals surface area (Å²) in [5.41, 5.74) is -2.91. The molecule has 2 saturated heterocycles. The molecule has 5 rings (SSSR count). The molecule has 63 heavy (non-hydrogen) atoms. The van der Waals surface area contributed by atoms with Gasteiger partial charge in [0.2, 0.25) is 5.91 Å². The van der Waals surface area contributed by atoms with Crippen molar-refractivity contribution < 1.29 is 43.1 Å². The van der Waals surface area contributed by atoms with Gasteiger partial charge < -0.3 is 40.1 Å². The SMILES string of the molecule is Cn1c(C(=O)N2CCSC2=S)ccc(C(=O)NCC(NC(=O)c2ccc(C(=O)N3CCSC3=S)n(OCc3ccccc3)c2=O)C(=O)NCCOCCNC(=O)OC(C)(C)C)c1=O. The Kier molecular flexibility index (Phi) is 17.0. The van der Waals surface area contributed by atoms with Gasteiger partial charge >= 0.3 is 6.09 Å². The highest BCUT2D eigenvalue weighted by Crippen LogP contribution is 2.21. The standard InChI is InChI=1S/C40H46N8O11S4/c1-40(2,3)59-37(56)42-15-19-57-18-14-41-32(51)27(22-43-30(49)25-10-12-28(45(4)33(25)52)35(54)46-16-20-62-38(46)60)44-31(50)26-11-13-29(36(55)47-17-21-63-39(47)61)48(34(26)53)58-23-24-8-6-5-7-9-24/h5-13,27H,14-23H2,1-4H3,(H,41,51)(H,42,56)(H,43,49)(H,44,50). The molecule has 23 heteroatoms. The quantitative estimate of drug-likeness (QED) is 0.111. The lowest BCUT2D eigenvalue weighted by Crippen LogP contribution is -2.54. The van der Waals surface area contributed by atoms with Crippen molar-refractivity contribution in [3.8, 4) is 0 Å². The molecule has 1 unspecified atom stereocenters. The van der Waals surface area contributed by atoms with E-state index in [4.69, 9.17) is 38.7 Å². The monoisotopic (exact) mass is 942 g/mol. The van der Waals surface area contributed by atoms with E-state index in [-0.39, 0.29) is 49.9 Å². The van der Waals surface area contributed by atoms with Gasteiger partial charge in [0.25, 0.3) is 34.7 Å². The number of hydrogen-bond donors (Lipinski definition) is 4. The molecule has 2 aromatic heterocycles. The van der Waals surface area contributed by atoms with E-state index in [1.54, 1.807) is 51.1 Å². The fraction of sp³-hybridized carbons (Fsp3) is 0.400. The minimum absolute atomic E-state index is 0.00177. The van der Waals surface area contributed by atoms with Gasteiger partial charge in [0.15, 0.2) is 0 Å². The van der Waals surface area contributed by atoms with Gasteiger partial charge in [0.05, 0.1) is 13.2 Å². The molecule has 1 aromatic carbocycles. The molecular weight excluding hydrogens is 897 g/mol. The van der Waals surface area contributed by atoms with Crippen molar-refractivity contribution in [2.45, 2.75) is 39.0 Å². The van der Waals surface area contributed by atoms with Crippen molar-refractivity contribution in [1.29, 1.82) is 0 Å². The van der Waals surface area contributed by atoms with Crippen LogP contribution in [0.3, 0.4) is 0 Å². The number of rotatable bonds is 17. The third-order valence-electron chi connectivity index (χ3n) is 9.04. The topological polar surface area (TPSA) is 229 Å². The fourth-order valence-electron chi connectivity index (χ4n) is 5.89. The van der Waals surface area contributed by atoms with Crippen LogP contribution in [0.1, 0.15) is 68.0 Å². The molecule has 4 heterocycles. The molecule has 2 fully saturated rings. The Labute approximate surface area is 380 Å². The van der Waals surface area contributed by atoms with Gasteiger partial charge in [0, 0.05) is 51.3 Å². The molecule has 2 aliphatic rings. The van der Waals surface area contributed by atoms with Gasteiger partial charge in [-0.1, -0.05) is 78.3 Å². The number of carbonyl (C=O) groups is 6. The van der Waals surface area contributed by atoms with Gasteiger partial charge in [-0.05, 0) is 50.6 Å². The summed E-state index contributed by atoms with van der Waals surface area (Å²) >= 11 is 13.2. The molecule has 0 saturated carbocycles. The van der Waals surface area contributed by atoms with Crippen molar-refractivity contribution in [2.75, 3.05) is 57.4 Å². The number of aromatic nitrogens is 2. The normalized spacial score (nSPS) is 14.2. The smallest absolute Gasteiger partial charge is 0.407 e. The van der Waals surface area contributed by atoms with Crippen molar-refractivity contribution >= 4 is 92.2 Å². The highest BCUT2D eigenvalue weighted by molar-refractivity contribution is 8.23. The number of nitrogens with one attached hydrogen (secondary N) is 4. The van der Waals surface area contributed by atoms with E-state index >= 15 is 0 Å². The average molecular weight is 943 g/mol. The maximum absolute atomic E-state index is 14.0. The van der Waals surface area contributed by atoms with Crippen LogP contribution in [0.15, 0.2) is 64.2 Å². The Morgan fingerprint density at radius 2 is 1.32 bits per heavy atom. The lowest BCUT2D eigenvalue weighted by molar-refractivity contribution is -0.123. The summed E-state index contributed by atoms with van der Waals surface area (Å²) in [6.45, 7) is 5.22. The summed E-state index contributed by atoms with van der Waals surface area (Å²) in [6, 6.07) is 12.1. The molecule has 1 atom stereocenters. The number of carbonyl (C=O) groups excluding carboxylic acids is 6. The van der Waals surface area contributed by atoms with Crippen LogP contribution in [0.5, 0.6) is 0 Å². The molecule has 0 bridgehead atoms. The molecule has 0 spiro atoms. The molecule has 2 aliphatic heterocycles. The van der Waals surface area contributed by atoms with E-state index < -0.39 is 70.5 Å². The average Bonchev–Trinajstić information content (AvgIpc) is 3.88. The summed E-state index contributed by atoms with van der Waals surface area (Å²) < 4.78 is 13.1. The van der Waals surface area contributed by atoms with E-state index in [1.807, 2.05) is 0 Å². The summed E-state index contributed by atoms with van der Waals surface area (Å²) in [7, 11) is 1.33. The highest BCUT2D eigenvalue weighted by Gasteiger charge is 2.32. The summed E-state index contributed by atoms with van der Waals surface area (Å²) in [6.07, 6.45) is -0.626. The lowest BCUT2D eigenvalue weighted by atomic mass is 10.1. The number of hydrogen-bond acceptors (Lipinski definition) is 15. The summed E-state index contributed by atoms with van der Waals surface area (Å²) in [5, 5.41) is 10.1. The van der Waals surface area contributed by atoms with Crippen molar-refractivity contribution in [3.63, 3.8) is 0 Å². The summed E-state index contributed by atoms with van der Waals surface area (Å²) in [4.78, 5) is 115. The van der Waals surface area contributed by atoms with Crippen LogP contribution < -0.4 is 37.2 Å². The lowest BCUT2D eigenvalue weighted by Gasteiger charge is -2.21. The molecule has 6 amide bonds. The summed E-state index contributed by atoms with van der Waals surface area (Å²) in [5.74, 6) is -2.73. The minimum atomic E-state index is -1.54. The number of ether oxygens (including phenoxy) is 2. The zero-order valence-electron chi connectivity index (χ0n) is 34.8. The maximum atomic E-state index is 14.0. The first kappa shape index (κ1) is 48.4. The molecule has 4 N–H and O–H groups in total. The second-order valence-corrected chi connectivity index (χ2v) is 18.2. The maximum Gasteiger partial charge on any atom is 0.407 e. The van der Waals surface area contributed by atoms with Crippen LogP contribution in [0.4, 0.5) is 4.79 Å². The zero-order valence-corrected chi connectivity index (χ0v) is 38.0. The Balaban J connectivity index is 1.33. The van der Waals surface area contributed by atoms with Crippen LogP contribution in [0, 0.1) is 0 Å². The van der Waals surface area contributed by atoms with Gasteiger partial charge in [-0.15, -0.1) is 4.73 Å². The molecule has 336 valence electrons. The first-order valence-electron chi connectivity index (χ1n) is 19.5. The van der Waals surface area contributed by atoms with Crippen molar-refractivity contribution in [2.24, 2.45) is 7.05 Å². The van der Waals surface area contributed by atoms with Crippen molar-refractivity contribution in [3.05, 3.63) is 103 Å². The Morgan fingerprint density at radius 3 is 1.90 bits per heavy atom. The molecular formula is C40H46N8O11S4. The third-order valence-corrected chi connectivity index (χ3v) is 11.9. The number of alkyl carbamates (subject to hydrolysis) is 1. The molecule has 3 aromatic rings. The Bertz CT molecular complexity index is 2390. The minimum Gasteiger partial charge on any atom is -0.444 e. The van der Waals surface area contributed by atoms with E-state index in [1.165, 1.54) is 58.6 Å². The Morgan fingerprint density at radius 1 is 0.746 bits per heavy atom. The van der Waals surface area contributed by atoms with Crippen LogP contribution in [-0.2, 0) is 27.9 Å². The van der Waals surface area contributed by atoms with Crippen LogP contribution in [0.2, 0.25) is 0 Å². The molecule has 0 radical (unpaired) electrons. The third kappa shape index (κ3) is 13.0. The van der Waals surface area contributed by atoms with Gasteiger partial charge in [-0.25, -0.2) is 4.79 Å². The number of nitrogens with zero attached hydrogens (tertiary/aromatic N) is 4. The van der Waals surface area contributed by atoms with Crippen molar-refractivity contribution in [1.82, 2.24) is 40.4 Å². The Hall–Kier alpha value is -5.62. The van der Waals surface area contributed by atoms with Gasteiger partial charge in [0.1, 0.15) is 49.4 Å².